The minimum atomic E-state index is -0.173. The van der Waals surface area contributed by atoms with E-state index in [1.807, 2.05) is 23.5 Å². The highest BCUT2D eigenvalue weighted by Gasteiger charge is 2.48. The number of nitrogens with zero attached hydrogens (tertiary/aromatic N) is 2. The van der Waals surface area contributed by atoms with Crippen LogP contribution in [0.25, 0.3) is 53.8 Å². The summed E-state index contributed by atoms with van der Waals surface area (Å²) in [4.78, 5) is 6.36. The monoisotopic (exact) mass is 890 g/mol. The number of rotatable bonds is 5. The van der Waals surface area contributed by atoms with Gasteiger partial charge in [0.2, 0.25) is 0 Å². The molecule has 0 spiro atoms. The van der Waals surface area contributed by atoms with Crippen LogP contribution in [0.3, 0.4) is 0 Å². The fourth-order valence-corrected chi connectivity index (χ4v) is 11.8. The highest BCUT2D eigenvalue weighted by molar-refractivity contribution is 7.22. The second-order valence-electron chi connectivity index (χ2n) is 21.3. The maximum Gasteiger partial charge on any atom is 0.297 e. The summed E-state index contributed by atoms with van der Waals surface area (Å²) in [5.74, 6) is 1.14. The van der Waals surface area contributed by atoms with Gasteiger partial charge in [0.05, 0.1) is 17.0 Å². The molecule has 10 aromatic rings. The van der Waals surface area contributed by atoms with E-state index in [1.54, 1.807) is 0 Å². The zero-order chi connectivity index (χ0) is 46.3. The predicted molar refractivity (Wildman–Crippen MR) is 287 cm³/mol. The van der Waals surface area contributed by atoms with E-state index >= 15 is 0 Å². The fraction of sp³-hybridized carbons (Fsp3) is 0.213. The van der Waals surface area contributed by atoms with Gasteiger partial charge in [0.15, 0.2) is 0 Å². The summed E-state index contributed by atoms with van der Waals surface area (Å²) in [5, 5.41) is 3.52. The summed E-state index contributed by atoms with van der Waals surface area (Å²) < 4.78 is 15.1. The molecule has 4 nitrogen and oxygen atoms in total. The molecule has 67 heavy (non-hydrogen) atoms. The van der Waals surface area contributed by atoms with E-state index in [0.717, 1.165) is 56.0 Å². The summed E-state index contributed by atoms with van der Waals surface area (Å²) in [6.07, 6.45) is 0. The molecule has 0 aliphatic carbocycles. The average molecular weight is 891 g/mol. The molecule has 0 bridgehead atoms. The van der Waals surface area contributed by atoms with E-state index in [2.05, 4.69) is 212 Å². The highest BCUT2D eigenvalue weighted by atomic mass is 32.1. The van der Waals surface area contributed by atoms with Crippen molar-refractivity contribution in [3.05, 3.63) is 173 Å². The first-order valence-electron chi connectivity index (χ1n) is 23.8. The number of fused-ring (bicyclic) bond motifs is 8. The highest BCUT2D eigenvalue weighted by Crippen LogP contribution is 2.51. The molecule has 0 saturated carbocycles. The topological polar surface area (TPSA) is 32.8 Å². The summed E-state index contributed by atoms with van der Waals surface area (Å²) in [7, 11) is 0. The maximum atomic E-state index is 7.41. The molecule has 0 saturated heterocycles. The third-order valence-electron chi connectivity index (χ3n) is 14.3. The number of aryl methyl sites for hydroxylation is 2. The van der Waals surface area contributed by atoms with Crippen molar-refractivity contribution < 1.29 is 8.83 Å². The van der Waals surface area contributed by atoms with E-state index < -0.39 is 0 Å². The number of furan rings is 2. The minimum absolute atomic E-state index is 0.00314. The van der Waals surface area contributed by atoms with Gasteiger partial charge in [-0.25, -0.2) is 0 Å². The molecule has 0 fully saturated rings. The lowest BCUT2D eigenvalue weighted by atomic mass is 9.35. The second kappa shape index (κ2) is 14.9. The van der Waals surface area contributed by atoms with Crippen LogP contribution in [0, 0.1) is 13.8 Å². The van der Waals surface area contributed by atoms with Crippen molar-refractivity contribution >= 4 is 101 Å². The van der Waals surface area contributed by atoms with E-state index in [9.17, 15) is 0 Å². The molecule has 2 aliphatic heterocycles. The Morgan fingerprint density at radius 2 is 1.22 bits per heavy atom. The lowest BCUT2D eigenvalue weighted by Crippen LogP contribution is -2.61. The Morgan fingerprint density at radius 1 is 0.552 bits per heavy atom. The first kappa shape index (κ1) is 41.7. The molecule has 0 amide bonds. The molecule has 0 atom stereocenters. The SMILES string of the molecule is Cc1cc(C(C)(C)C)cc(C)c1N1c2cc(C(C)C)cc3c2B(c2cc(-c4cc5ccccc5s4)ccc2N3c2ccc(-c3cc4ccccc4o3)cc2)c2oc3ccc(C(C)(C)C)cc3c21. The second-order valence-corrected chi connectivity index (χ2v) is 22.4. The van der Waals surface area contributed by atoms with E-state index in [-0.39, 0.29) is 23.5 Å². The molecule has 330 valence electrons. The van der Waals surface area contributed by atoms with Gasteiger partial charge in [0, 0.05) is 48.7 Å². The van der Waals surface area contributed by atoms with Gasteiger partial charge in [0.1, 0.15) is 16.9 Å². The number of benzene rings is 7. The van der Waals surface area contributed by atoms with E-state index in [4.69, 9.17) is 8.83 Å². The van der Waals surface area contributed by atoms with Gasteiger partial charge in [-0.05, 0) is 159 Å². The van der Waals surface area contributed by atoms with Gasteiger partial charge < -0.3 is 18.6 Å². The predicted octanol–water partition coefficient (Wildman–Crippen LogP) is 16.1. The summed E-state index contributed by atoms with van der Waals surface area (Å²) in [6.45, 7) is 22.9. The Labute approximate surface area is 398 Å². The van der Waals surface area contributed by atoms with Crippen LogP contribution in [-0.2, 0) is 10.8 Å². The Morgan fingerprint density at radius 3 is 1.91 bits per heavy atom. The molecular weight excluding hydrogens is 836 g/mol. The number of anilines is 6. The smallest absolute Gasteiger partial charge is 0.297 e. The van der Waals surface area contributed by atoms with Gasteiger partial charge in [0.25, 0.3) is 6.71 Å². The van der Waals surface area contributed by atoms with E-state index in [0.29, 0.717) is 0 Å². The van der Waals surface area contributed by atoms with Crippen LogP contribution in [0.15, 0.2) is 154 Å². The lowest BCUT2D eigenvalue weighted by molar-refractivity contribution is 0.589. The molecule has 5 heterocycles. The first-order chi connectivity index (χ1) is 32.1. The van der Waals surface area contributed by atoms with Gasteiger partial charge >= 0.3 is 0 Å². The molecule has 12 rings (SSSR count). The van der Waals surface area contributed by atoms with Gasteiger partial charge in [-0.15, -0.1) is 11.3 Å². The lowest BCUT2D eigenvalue weighted by Gasteiger charge is -2.43. The Balaban J connectivity index is 1.16. The van der Waals surface area contributed by atoms with Gasteiger partial charge in [-0.3, -0.25) is 0 Å². The number of hydrogen-bond acceptors (Lipinski definition) is 5. The quantitative estimate of drug-likeness (QED) is 0.161. The maximum absolute atomic E-state index is 7.41. The molecule has 0 N–H and O–H groups in total. The Kier molecular flexibility index (Phi) is 9.25. The molecule has 6 heteroatoms. The zero-order valence-electron chi connectivity index (χ0n) is 40.1. The van der Waals surface area contributed by atoms with Crippen LogP contribution >= 0.6 is 11.3 Å². The Hall–Kier alpha value is -6.76. The van der Waals surface area contributed by atoms with Crippen LogP contribution in [0.1, 0.15) is 89.1 Å². The van der Waals surface area contributed by atoms with Crippen molar-refractivity contribution in [1.82, 2.24) is 0 Å². The van der Waals surface area contributed by atoms with Crippen LogP contribution in [0.5, 0.6) is 0 Å². The standard InChI is InChI=1S/C61H55BN2O2S/c1-35(2)42-30-49-56-50(31-42)64(57-36(3)27-44(28-37(57)4)61(8,9)10)58-46-34-43(60(5,6)7)22-26-52(46)66-59(58)62(56)47-29-41(55-33-40-16-12-14-18-54(40)67-55)21-25-48(47)63(49)45-23-19-38(20-24-45)53-32-39-15-11-13-17-51(39)65-53/h11-35H,1-10H3. The molecule has 0 unspecified atom stereocenters. The zero-order valence-corrected chi connectivity index (χ0v) is 40.9. The third kappa shape index (κ3) is 6.62. The van der Waals surface area contributed by atoms with Gasteiger partial charge in [-0.1, -0.05) is 122 Å². The van der Waals surface area contributed by atoms with Gasteiger partial charge in [-0.2, -0.15) is 0 Å². The van der Waals surface area contributed by atoms with Crippen molar-refractivity contribution in [3.63, 3.8) is 0 Å². The van der Waals surface area contributed by atoms with E-state index in [1.165, 1.54) is 76.3 Å². The van der Waals surface area contributed by atoms with Crippen LogP contribution in [-0.4, -0.2) is 6.71 Å². The van der Waals surface area contributed by atoms with Crippen molar-refractivity contribution in [2.45, 2.75) is 86.0 Å². The summed E-state index contributed by atoms with van der Waals surface area (Å²) >= 11 is 1.86. The van der Waals surface area contributed by atoms with Crippen molar-refractivity contribution in [3.8, 4) is 21.8 Å². The fourth-order valence-electron chi connectivity index (χ4n) is 10.7. The molecule has 2 aliphatic rings. The molecule has 0 radical (unpaired) electrons. The summed E-state index contributed by atoms with van der Waals surface area (Å²) in [6, 6.07) is 54.2. The third-order valence-corrected chi connectivity index (χ3v) is 15.5. The van der Waals surface area contributed by atoms with Crippen LogP contribution in [0.4, 0.5) is 34.1 Å². The normalized spacial score (nSPS) is 13.6. The number of thiophene rings is 1. The van der Waals surface area contributed by atoms with Crippen LogP contribution in [0.2, 0.25) is 0 Å². The molecule has 3 aromatic heterocycles. The summed E-state index contributed by atoms with van der Waals surface area (Å²) in [5.41, 5.74) is 20.9. The minimum Gasteiger partial charge on any atom is -0.468 e. The number of hydrogen-bond donors (Lipinski definition) is 0. The Bertz CT molecular complexity index is 3540. The van der Waals surface area contributed by atoms with Crippen molar-refractivity contribution in [2.75, 3.05) is 9.80 Å². The van der Waals surface area contributed by atoms with Crippen LogP contribution < -0.4 is 26.4 Å². The molecule has 7 aromatic carbocycles. The first-order valence-corrected chi connectivity index (χ1v) is 24.6. The largest absolute Gasteiger partial charge is 0.468 e. The average Bonchev–Trinajstić information content (AvgIpc) is 4.04. The number of para-hydroxylation sites is 1. The molecular formula is C61H55BN2O2S. The van der Waals surface area contributed by atoms with Crippen molar-refractivity contribution in [1.29, 1.82) is 0 Å². The van der Waals surface area contributed by atoms with Crippen molar-refractivity contribution in [2.24, 2.45) is 0 Å².